The molecular weight excluding hydrogens is 250 g/mol. The van der Waals surface area contributed by atoms with Crippen LogP contribution in [-0.4, -0.2) is 6.79 Å². The van der Waals surface area contributed by atoms with Crippen LogP contribution in [0.3, 0.4) is 0 Å². The van der Waals surface area contributed by atoms with Crippen molar-refractivity contribution in [3.63, 3.8) is 0 Å². The van der Waals surface area contributed by atoms with E-state index in [-0.39, 0.29) is 18.4 Å². The van der Waals surface area contributed by atoms with Crippen molar-refractivity contribution >= 4 is 0 Å². The zero-order valence-corrected chi connectivity index (χ0v) is 10.7. The van der Waals surface area contributed by atoms with E-state index in [1.165, 1.54) is 24.3 Å². The van der Waals surface area contributed by atoms with Crippen molar-refractivity contribution in [2.45, 2.75) is 13.8 Å². The Hall–Kier alpha value is -2.10. The second-order valence-corrected chi connectivity index (χ2v) is 4.23. The first-order valence-corrected chi connectivity index (χ1v) is 5.84. The number of halogens is 2. The molecule has 0 aromatic heterocycles. The third-order valence-corrected chi connectivity index (χ3v) is 2.70. The average molecular weight is 264 g/mol. The maximum atomic E-state index is 12.9. The lowest BCUT2D eigenvalue weighted by molar-refractivity contribution is 0.118. The lowest BCUT2D eigenvalue weighted by atomic mass is 10.2. The minimum Gasteiger partial charge on any atom is -0.457 e. The van der Waals surface area contributed by atoms with Gasteiger partial charge in [-0.25, -0.2) is 8.78 Å². The van der Waals surface area contributed by atoms with Gasteiger partial charge in [0.05, 0.1) is 0 Å². The summed E-state index contributed by atoms with van der Waals surface area (Å²) < 4.78 is 36.6. The second kappa shape index (κ2) is 5.69. The van der Waals surface area contributed by atoms with Gasteiger partial charge < -0.3 is 9.47 Å². The molecule has 0 saturated carbocycles. The van der Waals surface area contributed by atoms with Crippen LogP contribution in [0.25, 0.3) is 0 Å². The minimum absolute atomic E-state index is 0.0149. The third kappa shape index (κ3) is 3.44. The smallest absolute Gasteiger partial charge is 0.230 e. The van der Waals surface area contributed by atoms with Gasteiger partial charge in [0.2, 0.25) is 6.79 Å². The zero-order chi connectivity index (χ0) is 13.8. The summed E-state index contributed by atoms with van der Waals surface area (Å²) in [5, 5.41) is 0. The third-order valence-electron chi connectivity index (χ3n) is 2.70. The number of hydrogen-bond donors (Lipinski definition) is 0. The number of benzene rings is 2. The Kier molecular flexibility index (Phi) is 4.00. The number of rotatable bonds is 4. The molecule has 0 aliphatic rings. The molecule has 0 heterocycles. The van der Waals surface area contributed by atoms with E-state index in [1.807, 2.05) is 0 Å². The van der Waals surface area contributed by atoms with Crippen molar-refractivity contribution < 1.29 is 18.3 Å². The average Bonchev–Trinajstić information content (AvgIpc) is 2.34. The summed E-state index contributed by atoms with van der Waals surface area (Å²) in [6.07, 6.45) is 0. The molecule has 2 rings (SSSR count). The summed E-state index contributed by atoms with van der Waals surface area (Å²) in [6, 6.07) is 8.52. The van der Waals surface area contributed by atoms with Crippen molar-refractivity contribution in [1.82, 2.24) is 0 Å². The Morgan fingerprint density at radius 1 is 0.789 bits per heavy atom. The zero-order valence-electron chi connectivity index (χ0n) is 10.7. The number of ether oxygens (including phenoxy) is 2. The Morgan fingerprint density at radius 3 is 1.58 bits per heavy atom. The predicted molar refractivity (Wildman–Crippen MR) is 68.4 cm³/mol. The molecule has 0 aliphatic heterocycles. The molecule has 2 nitrogen and oxygen atoms in total. The van der Waals surface area contributed by atoms with Crippen LogP contribution in [0.15, 0.2) is 36.4 Å². The molecule has 0 unspecified atom stereocenters. The molecular formula is C15H14F2O2. The molecule has 0 bridgehead atoms. The molecule has 0 spiro atoms. The number of hydrogen-bond acceptors (Lipinski definition) is 2. The van der Waals surface area contributed by atoms with E-state index in [0.717, 1.165) is 0 Å². The Labute approximate surface area is 110 Å². The quantitative estimate of drug-likeness (QED) is 0.777. The SMILES string of the molecule is Cc1cc(F)ccc1OCOc1ccc(F)cc1C. The van der Waals surface area contributed by atoms with E-state index in [0.29, 0.717) is 22.6 Å². The summed E-state index contributed by atoms with van der Waals surface area (Å²) in [5.74, 6) is 0.502. The summed E-state index contributed by atoms with van der Waals surface area (Å²) >= 11 is 0. The first-order valence-electron chi connectivity index (χ1n) is 5.84. The van der Waals surface area contributed by atoms with E-state index >= 15 is 0 Å². The first-order chi connectivity index (χ1) is 9.06. The fourth-order valence-corrected chi connectivity index (χ4v) is 1.71. The van der Waals surface area contributed by atoms with Gasteiger partial charge in [0.1, 0.15) is 23.1 Å². The maximum Gasteiger partial charge on any atom is 0.230 e. The van der Waals surface area contributed by atoms with Crippen LogP contribution >= 0.6 is 0 Å². The first kappa shape index (κ1) is 13.3. The predicted octanol–water partition coefficient (Wildman–Crippen LogP) is 4.00. The maximum absolute atomic E-state index is 12.9. The highest BCUT2D eigenvalue weighted by Crippen LogP contribution is 2.21. The van der Waals surface area contributed by atoms with Crippen LogP contribution in [0.5, 0.6) is 11.5 Å². The second-order valence-electron chi connectivity index (χ2n) is 4.23. The highest BCUT2D eigenvalue weighted by molar-refractivity contribution is 5.33. The van der Waals surface area contributed by atoms with Crippen molar-refractivity contribution in [1.29, 1.82) is 0 Å². The molecule has 0 saturated heterocycles. The van der Waals surface area contributed by atoms with Crippen LogP contribution in [0.2, 0.25) is 0 Å². The highest BCUT2D eigenvalue weighted by atomic mass is 19.1. The number of aryl methyl sites for hydroxylation is 2. The van der Waals surface area contributed by atoms with Crippen molar-refractivity contribution in [3.05, 3.63) is 59.2 Å². The van der Waals surface area contributed by atoms with Crippen LogP contribution in [0.1, 0.15) is 11.1 Å². The molecule has 0 aliphatic carbocycles. The van der Waals surface area contributed by atoms with Gasteiger partial charge in [-0.15, -0.1) is 0 Å². The summed E-state index contributed by atoms with van der Waals surface area (Å²) in [5.41, 5.74) is 1.39. The summed E-state index contributed by atoms with van der Waals surface area (Å²) in [6.45, 7) is 3.49. The molecule has 0 N–H and O–H groups in total. The van der Waals surface area contributed by atoms with Crippen LogP contribution in [-0.2, 0) is 0 Å². The largest absolute Gasteiger partial charge is 0.457 e. The Bertz CT molecular complexity index is 531. The molecule has 4 heteroatoms. The van der Waals surface area contributed by atoms with Gasteiger partial charge in [-0.3, -0.25) is 0 Å². The summed E-state index contributed by atoms with van der Waals surface area (Å²) in [7, 11) is 0. The highest BCUT2D eigenvalue weighted by Gasteiger charge is 2.03. The van der Waals surface area contributed by atoms with Gasteiger partial charge in [0, 0.05) is 0 Å². The van der Waals surface area contributed by atoms with Crippen molar-refractivity contribution in [2.75, 3.05) is 6.79 Å². The lowest BCUT2D eigenvalue weighted by Gasteiger charge is -2.12. The minimum atomic E-state index is -0.305. The van der Waals surface area contributed by atoms with E-state index < -0.39 is 0 Å². The lowest BCUT2D eigenvalue weighted by Crippen LogP contribution is -2.07. The molecule has 0 fully saturated rings. The normalized spacial score (nSPS) is 10.3. The molecule has 0 atom stereocenters. The van der Waals surface area contributed by atoms with Gasteiger partial charge in [-0.2, -0.15) is 0 Å². The summed E-state index contributed by atoms with van der Waals surface area (Å²) in [4.78, 5) is 0. The van der Waals surface area contributed by atoms with E-state index in [2.05, 4.69) is 0 Å². The van der Waals surface area contributed by atoms with Crippen LogP contribution < -0.4 is 9.47 Å². The fourth-order valence-electron chi connectivity index (χ4n) is 1.71. The van der Waals surface area contributed by atoms with E-state index in [9.17, 15) is 8.78 Å². The van der Waals surface area contributed by atoms with Crippen LogP contribution in [0, 0.1) is 25.5 Å². The topological polar surface area (TPSA) is 18.5 Å². The van der Waals surface area contributed by atoms with Gasteiger partial charge in [0.15, 0.2) is 0 Å². The van der Waals surface area contributed by atoms with Gasteiger partial charge >= 0.3 is 0 Å². The van der Waals surface area contributed by atoms with Gasteiger partial charge in [-0.1, -0.05) is 0 Å². The van der Waals surface area contributed by atoms with Gasteiger partial charge in [-0.05, 0) is 61.4 Å². The van der Waals surface area contributed by atoms with Crippen LogP contribution in [0.4, 0.5) is 8.78 Å². The molecule has 0 amide bonds. The molecule has 2 aromatic rings. The molecule has 100 valence electrons. The monoisotopic (exact) mass is 264 g/mol. The Morgan fingerprint density at radius 2 is 1.21 bits per heavy atom. The Balaban J connectivity index is 1.96. The van der Waals surface area contributed by atoms with E-state index in [1.54, 1.807) is 26.0 Å². The van der Waals surface area contributed by atoms with E-state index in [4.69, 9.17) is 9.47 Å². The molecule has 2 aromatic carbocycles. The molecule has 19 heavy (non-hydrogen) atoms. The fraction of sp³-hybridized carbons (Fsp3) is 0.200. The molecule has 0 radical (unpaired) electrons. The van der Waals surface area contributed by atoms with Crippen molar-refractivity contribution in [2.24, 2.45) is 0 Å². The van der Waals surface area contributed by atoms with Gasteiger partial charge in [0.25, 0.3) is 0 Å². The standard InChI is InChI=1S/C15H14F2O2/c1-10-7-12(16)3-5-14(10)18-9-19-15-6-4-13(17)8-11(15)2/h3-8H,9H2,1-2H3. The van der Waals surface area contributed by atoms with Crippen molar-refractivity contribution in [3.8, 4) is 11.5 Å².